The highest BCUT2D eigenvalue weighted by molar-refractivity contribution is 7.91. The van der Waals surface area contributed by atoms with Crippen LogP contribution < -0.4 is 10.0 Å². The van der Waals surface area contributed by atoms with E-state index in [0.29, 0.717) is 0 Å². The standard InChI is InChI=1S/C13H15F3N2O3S/c14-13(15,16)22(20,21)17-12(19)10-4-6-11(7-5-10)18-8-2-1-3-9-18/h4-7H,1-3,8-9H2,(H,17,19)/p-1. The highest BCUT2D eigenvalue weighted by Crippen LogP contribution is 2.25. The van der Waals surface area contributed by atoms with Gasteiger partial charge in [0.25, 0.3) is 0 Å². The third-order valence-corrected chi connectivity index (χ3v) is 4.32. The maximum absolute atomic E-state index is 12.2. The first-order valence-corrected chi connectivity index (χ1v) is 8.08. The van der Waals surface area contributed by atoms with Crippen molar-refractivity contribution in [2.24, 2.45) is 4.40 Å². The Hall–Kier alpha value is -1.77. The maximum atomic E-state index is 12.2. The van der Waals surface area contributed by atoms with Crippen molar-refractivity contribution < 1.29 is 26.7 Å². The van der Waals surface area contributed by atoms with Crippen molar-refractivity contribution in [3.8, 4) is 0 Å². The summed E-state index contributed by atoms with van der Waals surface area (Å²) >= 11 is 0. The first-order chi connectivity index (χ1) is 10.2. The number of benzene rings is 1. The third-order valence-electron chi connectivity index (χ3n) is 3.33. The number of piperidine rings is 1. The largest absolute Gasteiger partial charge is 0.858 e. The van der Waals surface area contributed by atoms with Crippen LogP contribution in [0.25, 0.3) is 0 Å². The first-order valence-electron chi connectivity index (χ1n) is 6.64. The van der Waals surface area contributed by atoms with Crippen LogP contribution in [-0.4, -0.2) is 32.9 Å². The second-order valence-corrected chi connectivity index (χ2v) is 6.51. The van der Waals surface area contributed by atoms with Gasteiger partial charge in [0.05, 0.1) is 0 Å². The summed E-state index contributed by atoms with van der Waals surface area (Å²) < 4.78 is 60.5. The van der Waals surface area contributed by atoms with Crippen molar-refractivity contribution in [2.45, 2.75) is 24.8 Å². The molecular weight excluding hydrogens is 321 g/mol. The number of halogens is 3. The van der Waals surface area contributed by atoms with Crippen LogP contribution in [0, 0.1) is 0 Å². The molecule has 1 fully saturated rings. The highest BCUT2D eigenvalue weighted by Gasteiger charge is 2.45. The van der Waals surface area contributed by atoms with Gasteiger partial charge in [-0.2, -0.15) is 26.0 Å². The number of nitrogens with zero attached hydrogens (tertiary/aromatic N) is 2. The lowest BCUT2D eigenvalue weighted by Crippen LogP contribution is -2.29. The second kappa shape index (κ2) is 6.15. The van der Waals surface area contributed by atoms with Crippen LogP contribution in [0.4, 0.5) is 18.9 Å². The summed E-state index contributed by atoms with van der Waals surface area (Å²) in [5.41, 5.74) is -4.93. The Morgan fingerprint density at radius 2 is 1.64 bits per heavy atom. The summed E-state index contributed by atoms with van der Waals surface area (Å²) in [5.74, 6) is -1.43. The van der Waals surface area contributed by atoms with Crippen molar-refractivity contribution in [3.63, 3.8) is 0 Å². The molecule has 1 saturated heterocycles. The van der Waals surface area contributed by atoms with Crippen LogP contribution in [0.3, 0.4) is 0 Å². The second-order valence-electron chi connectivity index (χ2n) is 4.91. The molecule has 0 saturated carbocycles. The first kappa shape index (κ1) is 16.6. The molecule has 0 aromatic heterocycles. The number of rotatable bonds is 3. The molecule has 122 valence electrons. The van der Waals surface area contributed by atoms with E-state index in [9.17, 15) is 26.7 Å². The fraction of sp³-hybridized carbons (Fsp3) is 0.462. The molecule has 1 aromatic carbocycles. The lowest BCUT2D eigenvalue weighted by molar-refractivity contribution is -0.212. The average molecular weight is 335 g/mol. The molecule has 0 spiro atoms. The molecule has 22 heavy (non-hydrogen) atoms. The molecular formula is C13H14F3N2O3S-. The van der Waals surface area contributed by atoms with E-state index in [2.05, 4.69) is 9.30 Å². The SMILES string of the molecule is O=S(=O)(/N=C(\[O-])c1ccc(N2CCCCC2)cc1)C(F)(F)F. The van der Waals surface area contributed by atoms with Gasteiger partial charge in [-0.25, -0.2) is 0 Å². The summed E-state index contributed by atoms with van der Waals surface area (Å²) in [5, 5.41) is 11.5. The molecule has 1 aromatic rings. The van der Waals surface area contributed by atoms with E-state index in [4.69, 9.17) is 0 Å². The molecule has 0 amide bonds. The average Bonchev–Trinajstić information content (AvgIpc) is 2.47. The van der Waals surface area contributed by atoms with Crippen molar-refractivity contribution in [3.05, 3.63) is 29.8 Å². The van der Waals surface area contributed by atoms with E-state index in [0.717, 1.165) is 38.0 Å². The molecule has 1 aliphatic rings. The molecule has 1 heterocycles. The summed E-state index contributed by atoms with van der Waals surface area (Å²) in [7, 11) is -5.81. The van der Waals surface area contributed by atoms with Gasteiger partial charge in [-0.3, -0.25) is 0 Å². The van der Waals surface area contributed by atoms with Crippen LogP contribution in [0.5, 0.6) is 0 Å². The van der Waals surface area contributed by atoms with Crippen molar-refractivity contribution >= 4 is 21.6 Å². The topological polar surface area (TPSA) is 72.8 Å². The Balaban J connectivity index is 2.19. The fourth-order valence-corrected chi connectivity index (χ4v) is 2.61. The smallest absolute Gasteiger partial charge is 0.518 e. The quantitative estimate of drug-likeness (QED) is 0.622. The van der Waals surface area contributed by atoms with Gasteiger partial charge in [0, 0.05) is 24.7 Å². The van der Waals surface area contributed by atoms with Crippen molar-refractivity contribution in [1.29, 1.82) is 0 Å². The predicted molar refractivity (Wildman–Crippen MR) is 74.0 cm³/mol. The van der Waals surface area contributed by atoms with E-state index < -0.39 is 21.4 Å². The monoisotopic (exact) mass is 335 g/mol. The zero-order valence-corrected chi connectivity index (χ0v) is 12.3. The zero-order chi connectivity index (χ0) is 16.4. The van der Waals surface area contributed by atoms with Crippen molar-refractivity contribution in [1.82, 2.24) is 0 Å². The minimum Gasteiger partial charge on any atom is -0.858 e. The summed E-state index contributed by atoms with van der Waals surface area (Å²) in [4.78, 5) is 2.10. The third kappa shape index (κ3) is 3.70. The number of anilines is 1. The Morgan fingerprint density at radius 1 is 1.09 bits per heavy atom. The molecule has 5 nitrogen and oxygen atoms in total. The molecule has 2 rings (SSSR count). The van der Waals surface area contributed by atoms with Crippen LogP contribution in [0.1, 0.15) is 24.8 Å². The molecule has 0 unspecified atom stereocenters. The minimum atomic E-state index is -5.81. The van der Waals surface area contributed by atoms with E-state index in [-0.39, 0.29) is 5.56 Å². The predicted octanol–water partition coefficient (Wildman–Crippen LogP) is 1.63. The molecule has 0 radical (unpaired) electrons. The highest BCUT2D eigenvalue weighted by atomic mass is 32.2. The Labute approximate surface area is 126 Å². The number of hydrogen-bond donors (Lipinski definition) is 0. The lowest BCUT2D eigenvalue weighted by atomic mass is 10.1. The molecule has 0 N–H and O–H groups in total. The Kier molecular flexibility index (Phi) is 4.64. The molecule has 9 heteroatoms. The van der Waals surface area contributed by atoms with E-state index in [1.807, 2.05) is 0 Å². The maximum Gasteiger partial charge on any atom is 0.518 e. The van der Waals surface area contributed by atoms with Gasteiger partial charge in [-0.05, 0) is 37.0 Å². The van der Waals surface area contributed by atoms with Crippen LogP contribution in [-0.2, 0) is 10.0 Å². The van der Waals surface area contributed by atoms with Gasteiger partial charge in [0.2, 0.25) is 0 Å². The van der Waals surface area contributed by atoms with Gasteiger partial charge < -0.3 is 10.0 Å². The Morgan fingerprint density at radius 3 is 2.14 bits per heavy atom. The fourth-order valence-electron chi connectivity index (χ4n) is 2.18. The molecule has 0 bridgehead atoms. The van der Waals surface area contributed by atoms with Crippen LogP contribution in [0.15, 0.2) is 28.7 Å². The van der Waals surface area contributed by atoms with Crippen molar-refractivity contribution in [2.75, 3.05) is 18.0 Å². The normalized spacial score (nSPS) is 17.6. The lowest BCUT2D eigenvalue weighted by Gasteiger charge is -2.29. The summed E-state index contributed by atoms with van der Waals surface area (Å²) in [6.45, 7) is 1.75. The number of hydrogen-bond acceptors (Lipinski definition) is 4. The van der Waals surface area contributed by atoms with Crippen LogP contribution in [0.2, 0.25) is 0 Å². The van der Waals surface area contributed by atoms with Gasteiger partial charge in [-0.15, -0.1) is 0 Å². The minimum absolute atomic E-state index is 0.200. The van der Waals surface area contributed by atoms with Crippen LogP contribution >= 0.6 is 0 Å². The number of alkyl halides is 3. The molecule has 1 aliphatic heterocycles. The van der Waals surface area contributed by atoms with E-state index in [1.165, 1.54) is 12.1 Å². The molecule has 0 atom stereocenters. The number of sulfonamides is 1. The van der Waals surface area contributed by atoms with Gasteiger partial charge in [-0.1, -0.05) is 12.1 Å². The summed E-state index contributed by atoms with van der Waals surface area (Å²) in [6.07, 6.45) is 3.26. The van der Waals surface area contributed by atoms with Gasteiger partial charge >= 0.3 is 15.5 Å². The zero-order valence-electron chi connectivity index (χ0n) is 11.5. The Bertz CT molecular complexity index is 648. The van der Waals surface area contributed by atoms with E-state index in [1.54, 1.807) is 12.1 Å². The molecule has 0 aliphatic carbocycles. The summed E-state index contributed by atoms with van der Waals surface area (Å²) in [6, 6.07) is 5.71. The van der Waals surface area contributed by atoms with Gasteiger partial charge in [0.15, 0.2) is 0 Å². The van der Waals surface area contributed by atoms with E-state index >= 15 is 0 Å². The van der Waals surface area contributed by atoms with Gasteiger partial charge in [0.1, 0.15) is 0 Å².